The second kappa shape index (κ2) is 9.72. The second-order valence-corrected chi connectivity index (χ2v) is 7.49. The maximum absolute atomic E-state index is 12.8. The summed E-state index contributed by atoms with van der Waals surface area (Å²) < 4.78 is 38.4. The van der Waals surface area contributed by atoms with Gasteiger partial charge >= 0.3 is 12.1 Å². The summed E-state index contributed by atoms with van der Waals surface area (Å²) in [5, 5.41) is 20.7. The summed E-state index contributed by atoms with van der Waals surface area (Å²) in [6.45, 7) is 1.80. The molecule has 7 nitrogen and oxygen atoms in total. The lowest BCUT2D eigenvalue weighted by Gasteiger charge is -2.10. The van der Waals surface area contributed by atoms with E-state index in [1.807, 2.05) is 0 Å². The Morgan fingerprint density at radius 3 is 2.37 bits per heavy atom. The summed E-state index contributed by atoms with van der Waals surface area (Å²) in [5.41, 5.74) is 2.59. The minimum Gasteiger partial charge on any atom is -0.478 e. The van der Waals surface area contributed by atoms with E-state index < -0.39 is 17.7 Å². The number of rotatable bonds is 6. The summed E-state index contributed by atoms with van der Waals surface area (Å²) >= 11 is 0. The molecule has 4 rings (SSSR count). The van der Waals surface area contributed by atoms with Crippen LogP contribution in [0.25, 0.3) is 11.3 Å². The van der Waals surface area contributed by atoms with E-state index in [9.17, 15) is 23.1 Å². The lowest BCUT2D eigenvalue weighted by Crippen LogP contribution is -2.04. The van der Waals surface area contributed by atoms with Crippen molar-refractivity contribution in [3.05, 3.63) is 95.7 Å². The molecule has 0 radical (unpaired) electrons. The molecule has 2 N–H and O–H groups in total. The van der Waals surface area contributed by atoms with Crippen molar-refractivity contribution in [2.24, 2.45) is 10.2 Å². The summed E-state index contributed by atoms with van der Waals surface area (Å²) in [7, 11) is 0. The number of nitrogens with zero attached hydrogens (tertiary/aromatic N) is 4. The van der Waals surface area contributed by atoms with Crippen LogP contribution in [-0.4, -0.2) is 21.0 Å². The first-order valence-corrected chi connectivity index (χ1v) is 10.3. The number of aromatic nitrogens is 2. The molecule has 0 aliphatic rings. The van der Waals surface area contributed by atoms with E-state index in [1.54, 1.807) is 43.3 Å². The van der Waals surface area contributed by atoms with Crippen LogP contribution < -0.4 is 5.32 Å². The van der Waals surface area contributed by atoms with Gasteiger partial charge in [0.15, 0.2) is 0 Å². The third kappa shape index (κ3) is 5.67. The fraction of sp³-hybridized carbons (Fsp3) is 0.0800. The molecule has 3 aromatic carbocycles. The van der Waals surface area contributed by atoms with Crippen LogP contribution in [0.5, 0.6) is 0 Å². The number of hydrogen-bond acceptors (Lipinski definition) is 6. The van der Waals surface area contributed by atoms with Gasteiger partial charge in [0.05, 0.1) is 28.2 Å². The van der Waals surface area contributed by atoms with Crippen LogP contribution in [0.4, 0.5) is 36.2 Å². The number of aryl methyl sites for hydroxylation is 1. The first-order valence-electron chi connectivity index (χ1n) is 10.3. The molecule has 1 aromatic heterocycles. The molecular weight excluding hydrogens is 459 g/mol. The zero-order chi connectivity index (χ0) is 25.0. The zero-order valence-corrected chi connectivity index (χ0v) is 18.3. The summed E-state index contributed by atoms with van der Waals surface area (Å²) in [4.78, 5) is 19.9. The van der Waals surface area contributed by atoms with Gasteiger partial charge < -0.3 is 10.4 Å². The number of anilines is 2. The monoisotopic (exact) mass is 477 g/mol. The molecule has 0 spiro atoms. The van der Waals surface area contributed by atoms with Crippen LogP contribution in [0.15, 0.2) is 89.2 Å². The Balaban J connectivity index is 1.61. The van der Waals surface area contributed by atoms with E-state index in [2.05, 4.69) is 25.5 Å². The summed E-state index contributed by atoms with van der Waals surface area (Å²) in [5.74, 6) is -0.866. The summed E-state index contributed by atoms with van der Waals surface area (Å²) in [6.07, 6.45) is -2.90. The minimum atomic E-state index is -4.42. The highest BCUT2D eigenvalue weighted by atomic mass is 19.4. The van der Waals surface area contributed by atoms with Crippen molar-refractivity contribution in [2.45, 2.75) is 13.1 Å². The van der Waals surface area contributed by atoms with E-state index in [0.29, 0.717) is 28.3 Å². The largest absolute Gasteiger partial charge is 0.478 e. The quantitative estimate of drug-likeness (QED) is 0.283. The van der Waals surface area contributed by atoms with Gasteiger partial charge in [-0.25, -0.2) is 14.8 Å². The molecule has 0 saturated carbocycles. The number of hydrogen-bond donors (Lipinski definition) is 2. The van der Waals surface area contributed by atoms with Crippen molar-refractivity contribution in [3.63, 3.8) is 0 Å². The molecule has 0 aliphatic carbocycles. The Morgan fingerprint density at radius 1 is 0.943 bits per heavy atom. The third-order valence-corrected chi connectivity index (χ3v) is 5.03. The maximum Gasteiger partial charge on any atom is 0.416 e. The fourth-order valence-electron chi connectivity index (χ4n) is 3.18. The number of alkyl halides is 3. The van der Waals surface area contributed by atoms with Crippen molar-refractivity contribution in [1.29, 1.82) is 0 Å². The predicted octanol–water partition coefficient (Wildman–Crippen LogP) is 7.33. The Labute approximate surface area is 198 Å². The lowest BCUT2D eigenvalue weighted by molar-refractivity contribution is -0.137. The Hall–Kier alpha value is -4.60. The topological polar surface area (TPSA) is 99.8 Å². The Bertz CT molecular complexity index is 1400. The van der Waals surface area contributed by atoms with E-state index in [-0.39, 0.29) is 11.5 Å². The molecule has 0 unspecified atom stereocenters. The number of benzene rings is 3. The van der Waals surface area contributed by atoms with Crippen LogP contribution >= 0.6 is 0 Å². The van der Waals surface area contributed by atoms with E-state index in [0.717, 1.165) is 17.7 Å². The first kappa shape index (κ1) is 23.6. The van der Waals surface area contributed by atoms with Gasteiger partial charge in [-0.2, -0.15) is 18.3 Å². The second-order valence-electron chi connectivity index (χ2n) is 7.49. The molecule has 176 valence electrons. The number of carboxylic acids is 1. The highest BCUT2D eigenvalue weighted by Gasteiger charge is 2.29. The molecule has 10 heteroatoms. The van der Waals surface area contributed by atoms with Gasteiger partial charge in [-0.3, -0.25) is 0 Å². The molecule has 0 amide bonds. The van der Waals surface area contributed by atoms with Gasteiger partial charge in [0.1, 0.15) is 0 Å². The van der Waals surface area contributed by atoms with Crippen LogP contribution in [0, 0.1) is 6.92 Å². The number of carbonyl (C=O) groups is 1. The number of aromatic carboxylic acids is 1. The molecule has 35 heavy (non-hydrogen) atoms. The van der Waals surface area contributed by atoms with Crippen molar-refractivity contribution in [3.8, 4) is 11.3 Å². The van der Waals surface area contributed by atoms with E-state index in [4.69, 9.17) is 0 Å². The highest BCUT2D eigenvalue weighted by molar-refractivity contribution is 5.88. The van der Waals surface area contributed by atoms with E-state index in [1.165, 1.54) is 30.5 Å². The van der Waals surface area contributed by atoms with Crippen molar-refractivity contribution < 1.29 is 23.1 Å². The SMILES string of the molecule is Cc1ccc(C(=O)O)cc1N=Nc1ccccc1-c1ccnc(Nc2ccc(C(F)(F)F)cc2)n1. The number of azo groups is 1. The van der Waals surface area contributed by atoms with E-state index >= 15 is 0 Å². The predicted molar refractivity (Wildman–Crippen MR) is 125 cm³/mol. The van der Waals surface area contributed by atoms with Crippen LogP contribution in [-0.2, 0) is 6.18 Å². The molecule has 1 heterocycles. The fourth-order valence-corrected chi connectivity index (χ4v) is 3.18. The zero-order valence-electron chi connectivity index (χ0n) is 18.3. The number of nitrogens with one attached hydrogen (secondary N) is 1. The average molecular weight is 477 g/mol. The summed E-state index contributed by atoms with van der Waals surface area (Å²) in [6, 6.07) is 17.9. The van der Waals surface area contributed by atoms with Crippen LogP contribution in [0.1, 0.15) is 21.5 Å². The Kier molecular flexibility index (Phi) is 6.54. The maximum atomic E-state index is 12.8. The van der Waals surface area contributed by atoms with Crippen LogP contribution in [0.3, 0.4) is 0 Å². The molecule has 0 bridgehead atoms. The van der Waals surface area contributed by atoms with Crippen molar-refractivity contribution >= 4 is 29.0 Å². The molecule has 4 aromatic rings. The molecule has 0 aliphatic heterocycles. The van der Waals surface area contributed by atoms with Gasteiger partial charge in [0.25, 0.3) is 0 Å². The highest BCUT2D eigenvalue weighted by Crippen LogP contribution is 2.32. The number of carboxylic acid groups (broad SMARTS) is 1. The van der Waals surface area contributed by atoms with Gasteiger partial charge in [0, 0.05) is 17.4 Å². The number of halogens is 3. The lowest BCUT2D eigenvalue weighted by atomic mass is 10.1. The molecule has 0 saturated heterocycles. The van der Waals surface area contributed by atoms with Gasteiger partial charge in [-0.15, -0.1) is 5.11 Å². The van der Waals surface area contributed by atoms with Gasteiger partial charge in [-0.05, 0) is 61.0 Å². The standard InChI is InChI=1S/C25H18F3N5O2/c1-15-6-7-16(23(34)35)14-22(15)33-32-21-5-3-2-4-19(21)20-12-13-29-24(31-20)30-18-10-8-17(9-11-18)25(26,27)28/h2-14H,1H3,(H,34,35)(H,29,30,31). The van der Waals surface area contributed by atoms with Gasteiger partial charge in [-0.1, -0.05) is 24.3 Å². The van der Waals surface area contributed by atoms with Crippen molar-refractivity contribution in [1.82, 2.24) is 9.97 Å². The first-order chi connectivity index (χ1) is 16.7. The smallest absolute Gasteiger partial charge is 0.416 e. The molecule has 0 fully saturated rings. The average Bonchev–Trinajstić information content (AvgIpc) is 2.83. The van der Waals surface area contributed by atoms with Crippen molar-refractivity contribution in [2.75, 3.05) is 5.32 Å². The molecular formula is C25H18F3N5O2. The third-order valence-electron chi connectivity index (χ3n) is 5.03. The minimum absolute atomic E-state index is 0.104. The van der Waals surface area contributed by atoms with Crippen LogP contribution in [0.2, 0.25) is 0 Å². The normalized spacial score (nSPS) is 11.5. The molecule has 0 atom stereocenters. The Morgan fingerprint density at radius 2 is 1.66 bits per heavy atom. The van der Waals surface area contributed by atoms with Gasteiger partial charge in [0.2, 0.25) is 5.95 Å².